The molecule has 1 spiro atoms. The molecule has 1 aliphatic carbocycles. The summed E-state index contributed by atoms with van der Waals surface area (Å²) < 4.78 is 0. The first-order chi connectivity index (χ1) is 9.61. The maximum absolute atomic E-state index is 6.43. The van der Waals surface area contributed by atoms with Crippen LogP contribution in [0, 0.1) is 0 Å². The number of nitrogens with one attached hydrogen (secondary N) is 1. The molecule has 2 aliphatic rings. The Morgan fingerprint density at radius 2 is 1.95 bits per heavy atom. The van der Waals surface area contributed by atoms with Crippen LogP contribution < -0.4 is 10.2 Å². The van der Waals surface area contributed by atoms with Gasteiger partial charge in [0.05, 0.1) is 15.7 Å². The highest BCUT2D eigenvalue weighted by Gasteiger charge is 2.39. The zero-order valence-corrected chi connectivity index (χ0v) is 13.5. The van der Waals surface area contributed by atoms with Crippen molar-refractivity contribution in [3.63, 3.8) is 0 Å². The molecule has 1 heterocycles. The lowest BCUT2D eigenvalue weighted by Gasteiger charge is -2.50. The van der Waals surface area contributed by atoms with E-state index in [1.165, 1.54) is 32.1 Å². The zero-order valence-electron chi connectivity index (χ0n) is 12.0. The molecule has 1 atom stereocenters. The Morgan fingerprint density at radius 1 is 1.20 bits per heavy atom. The highest BCUT2D eigenvalue weighted by atomic mass is 35.5. The van der Waals surface area contributed by atoms with Crippen molar-refractivity contribution in [2.45, 2.75) is 50.6 Å². The predicted octanol–water partition coefficient (Wildman–Crippen LogP) is 4.49. The lowest BCUT2D eigenvalue weighted by atomic mass is 9.79. The molecule has 1 saturated carbocycles. The van der Waals surface area contributed by atoms with Crippen molar-refractivity contribution in [2.75, 3.05) is 18.0 Å². The maximum atomic E-state index is 6.43. The number of halogens is 2. The van der Waals surface area contributed by atoms with E-state index in [9.17, 15) is 0 Å². The lowest BCUT2D eigenvalue weighted by Crippen LogP contribution is -2.64. The number of hydrogen-bond donors (Lipinski definition) is 1. The van der Waals surface area contributed by atoms with Gasteiger partial charge in [-0.05, 0) is 31.9 Å². The topological polar surface area (TPSA) is 15.3 Å². The summed E-state index contributed by atoms with van der Waals surface area (Å²) in [5, 5.41) is 5.13. The van der Waals surface area contributed by atoms with E-state index in [2.05, 4.69) is 23.2 Å². The van der Waals surface area contributed by atoms with E-state index in [1.54, 1.807) is 0 Å². The van der Waals surface area contributed by atoms with Gasteiger partial charge >= 0.3 is 0 Å². The smallest absolute Gasteiger partial charge is 0.0825 e. The molecule has 20 heavy (non-hydrogen) atoms. The van der Waals surface area contributed by atoms with Gasteiger partial charge in [-0.1, -0.05) is 48.5 Å². The third-order valence-electron chi connectivity index (χ3n) is 4.83. The SMILES string of the molecule is CC1CNC2(CCCCC2)CN1c1cccc(Cl)c1Cl. The molecule has 3 rings (SSSR count). The van der Waals surface area contributed by atoms with Crippen molar-refractivity contribution < 1.29 is 0 Å². The Balaban J connectivity index is 1.88. The minimum absolute atomic E-state index is 0.274. The Labute approximate surface area is 131 Å². The van der Waals surface area contributed by atoms with Crippen LogP contribution in [0.2, 0.25) is 10.0 Å². The molecule has 1 aromatic rings. The molecule has 0 aromatic heterocycles. The van der Waals surface area contributed by atoms with Gasteiger partial charge in [-0.15, -0.1) is 0 Å². The average molecular weight is 313 g/mol. The molecule has 1 saturated heterocycles. The van der Waals surface area contributed by atoms with E-state index < -0.39 is 0 Å². The van der Waals surface area contributed by atoms with Crippen LogP contribution in [-0.2, 0) is 0 Å². The molecule has 2 nitrogen and oxygen atoms in total. The van der Waals surface area contributed by atoms with Crippen molar-refractivity contribution in [1.82, 2.24) is 5.32 Å². The first-order valence-corrected chi connectivity index (χ1v) is 8.33. The van der Waals surface area contributed by atoms with E-state index in [0.717, 1.165) is 18.8 Å². The number of nitrogens with zero attached hydrogens (tertiary/aromatic N) is 1. The van der Waals surface area contributed by atoms with Gasteiger partial charge in [-0.25, -0.2) is 0 Å². The number of benzene rings is 1. The molecular formula is C16H22Cl2N2. The second-order valence-corrected chi connectivity index (χ2v) is 7.06. The molecule has 1 aliphatic heterocycles. The number of rotatable bonds is 1. The summed E-state index contributed by atoms with van der Waals surface area (Å²) in [6.45, 7) is 4.30. The first kappa shape index (κ1) is 14.5. The number of hydrogen-bond acceptors (Lipinski definition) is 2. The fourth-order valence-corrected chi connectivity index (χ4v) is 4.02. The molecule has 1 aromatic carbocycles. The minimum Gasteiger partial charge on any atom is -0.364 e. The Bertz CT molecular complexity index is 483. The average Bonchev–Trinajstić information content (AvgIpc) is 2.46. The summed E-state index contributed by atoms with van der Waals surface area (Å²) in [6, 6.07) is 6.38. The molecule has 4 heteroatoms. The monoisotopic (exact) mass is 312 g/mol. The van der Waals surface area contributed by atoms with Crippen LogP contribution in [-0.4, -0.2) is 24.7 Å². The number of anilines is 1. The van der Waals surface area contributed by atoms with Crippen molar-refractivity contribution >= 4 is 28.9 Å². The van der Waals surface area contributed by atoms with Crippen LogP contribution in [0.4, 0.5) is 5.69 Å². The summed E-state index contributed by atoms with van der Waals surface area (Å²) in [5.41, 5.74) is 1.36. The normalized spacial score (nSPS) is 25.9. The van der Waals surface area contributed by atoms with Crippen LogP contribution in [0.15, 0.2) is 18.2 Å². The fourth-order valence-electron chi connectivity index (χ4n) is 3.61. The Morgan fingerprint density at radius 3 is 2.70 bits per heavy atom. The molecule has 0 amide bonds. The van der Waals surface area contributed by atoms with Crippen molar-refractivity contribution in [2.24, 2.45) is 0 Å². The third-order valence-corrected chi connectivity index (χ3v) is 5.64. The van der Waals surface area contributed by atoms with Crippen LogP contribution in [0.5, 0.6) is 0 Å². The van der Waals surface area contributed by atoms with Crippen LogP contribution in [0.1, 0.15) is 39.0 Å². The molecule has 1 unspecified atom stereocenters. The number of piperazine rings is 1. The lowest BCUT2D eigenvalue weighted by molar-refractivity contribution is 0.200. The first-order valence-electron chi connectivity index (χ1n) is 7.57. The summed E-state index contributed by atoms with van der Waals surface area (Å²) in [6.07, 6.45) is 6.58. The summed E-state index contributed by atoms with van der Waals surface area (Å²) in [7, 11) is 0. The van der Waals surface area contributed by atoms with E-state index >= 15 is 0 Å². The van der Waals surface area contributed by atoms with Crippen LogP contribution >= 0.6 is 23.2 Å². The Kier molecular flexibility index (Phi) is 4.16. The van der Waals surface area contributed by atoms with E-state index in [4.69, 9.17) is 23.2 Å². The summed E-state index contributed by atoms with van der Waals surface area (Å²) in [5.74, 6) is 0. The zero-order chi connectivity index (χ0) is 14.2. The third kappa shape index (κ3) is 2.66. The molecular weight excluding hydrogens is 291 g/mol. The van der Waals surface area contributed by atoms with Crippen molar-refractivity contribution in [3.8, 4) is 0 Å². The van der Waals surface area contributed by atoms with E-state index in [1.807, 2.05) is 12.1 Å². The van der Waals surface area contributed by atoms with Gasteiger partial charge in [0.25, 0.3) is 0 Å². The second kappa shape index (κ2) is 5.75. The molecule has 0 bridgehead atoms. The molecule has 1 N–H and O–H groups in total. The second-order valence-electron chi connectivity index (χ2n) is 6.27. The molecule has 110 valence electrons. The fraction of sp³-hybridized carbons (Fsp3) is 0.625. The summed E-state index contributed by atoms with van der Waals surface area (Å²) in [4.78, 5) is 2.44. The highest BCUT2D eigenvalue weighted by Crippen LogP contribution is 2.38. The largest absolute Gasteiger partial charge is 0.364 e. The standard InChI is InChI=1S/C16H22Cl2N2/c1-12-10-19-16(8-3-2-4-9-16)11-20(12)14-7-5-6-13(17)15(14)18/h5-7,12,19H,2-4,8-11H2,1H3. The van der Waals surface area contributed by atoms with Crippen molar-refractivity contribution in [3.05, 3.63) is 28.2 Å². The van der Waals surface area contributed by atoms with Gasteiger partial charge in [-0.3, -0.25) is 0 Å². The van der Waals surface area contributed by atoms with Gasteiger partial charge in [0.15, 0.2) is 0 Å². The van der Waals surface area contributed by atoms with Gasteiger partial charge < -0.3 is 10.2 Å². The van der Waals surface area contributed by atoms with Crippen LogP contribution in [0.25, 0.3) is 0 Å². The maximum Gasteiger partial charge on any atom is 0.0825 e. The molecule has 0 radical (unpaired) electrons. The van der Waals surface area contributed by atoms with Gasteiger partial charge in [0.1, 0.15) is 0 Å². The van der Waals surface area contributed by atoms with E-state index in [0.29, 0.717) is 16.1 Å². The van der Waals surface area contributed by atoms with Gasteiger partial charge in [0.2, 0.25) is 0 Å². The van der Waals surface area contributed by atoms with E-state index in [-0.39, 0.29) is 5.54 Å². The molecule has 2 fully saturated rings. The highest BCUT2D eigenvalue weighted by molar-refractivity contribution is 6.43. The minimum atomic E-state index is 0.274. The van der Waals surface area contributed by atoms with Gasteiger partial charge in [0, 0.05) is 24.7 Å². The van der Waals surface area contributed by atoms with Gasteiger partial charge in [-0.2, -0.15) is 0 Å². The summed E-state index contributed by atoms with van der Waals surface area (Å²) >= 11 is 12.6. The quantitative estimate of drug-likeness (QED) is 0.821. The van der Waals surface area contributed by atoms with Crippen LogP contribution in [0.3, 0.4) is 0 Å². The van der Waals surface area contributed by atoms with Crippen molar-refractivity contribution in [1.29, 1.82) is 0 Å². The predicted molar refractivity (Wildman–Crippen MR) is 87.1 cm³/mol. The Hall–Kier alpha value is -0.440.